The first kappa shape index (κ1) is 15.3. The summed E-state index contributed by atoms with van der Waals surface area (Å²) < 4.78 is 36.4. The normalized spacial score (nSPS) is 18.3. The van der Waals surface area contributed by atoms with Crippen molar-refractivity contribution in [2.24, 2.45) is 0 Å². The molecule has 1 aromatic rings. The van der Waals surface area contributed by atoms with Crippen molar-refractivity contribution in [3.8, 4) is 0 Å². The van der Waals surface area contributed by atoms with Gasteiger partial charge < -0.3 is 4.90 Å². The first-order valence-electron chi connectivity index (χ1n) is 6.19. The molecule has 7 heteroatoms. The summed E-state index contributed by atoms with van der Waals surface area (Å²) in [6.45, 7) is 4.31. The van der Waals surface area contributed by atoms with Gasteiger partial charge in [-0.2, -0.15) is 0 Å². The lowest BCUT2D eigenvalue weighted by Gasteiger charge is -2.32. The van der Waals surface area contributed by atoms with E-state index < -0.39 is 20.8 Å². The summed E-state index contributed by atoms with van der Waals surface area (Å²) in [5, 5.41) is 0. The number of benzene rings is 1. The third-order valence-electron chi connectivity index (χ3n) is 3.58. The van der Waals surface area contributed by atoms with Crippen LogP contribution in [-0.4, -0.2) is 31.3 Å². The molecule has 1 aromatic carbocycles. The number of likely N-dealkylation sites (tertiary alicyclic amines) is 1. The lowest BCUT2D eigenvalue weighted by molar-refractivity contribution is 0.0647. The highest BCUT2D eigenvalue weighted by atomic mass is 35.7. The molecule has 1 saturated heterocycles. The highest BCUT2D eigenvalue weighted by molar-refractivity contribution is 8.13. The summed E-state index contributed by atoms with van der Waals surface area (Å²) >= 11 is 0. The molecule has 1 heterocycles. The number of nitrogens with zero attached hydrogens (tertiary/aromatic N) is 1. The van der Waals surface area contributed by atoms with Gasteiger partial charge >= 0.3 is 0 Å². The molecule has 0 atom stereocenters. The van der Waals surface area contributed by atoms with Crippen LogP contribution in [0.25, 0.3) is 0 Å². The zero-order chi connectivity index (χ0) is 15.1. The second-order valence-corrected chi connectivity index (χ2v) is 7.99. The monoisotopic (exact) mass is 319 g/mol. The van der Waals surface area contributed by atoms with E-state index in [1.807, 2.05) is 13.8 Å². The molecule has 0 aromatic heterocycles. The molecule has 1 amide bonds. The Morgan fingerprint density at radius 1 is 1.40 bits per heavy atom. The second kappa shape index (κ2) is 5.00. The number of halogens is 2. The van der Waals surface area contributed by atoms with Gasteiger partial charge in [0.2, 0.25) is 0 Å². The molecule has 4 nitrogen and oxygen atoms in total. The van der Waals surface area contributed by atoms with Crippen LogP contribution in [0.5, 0.6) is 0 Å². The van der Waals surface area contributed by atoms with Crippen LogP contribution >= 0.6 is 10.7 Å². The van der Waals surface area contributed by atoms with Crippen molar-refractivity contribution in [1.82, 2.24) is 4.90 Å². The Morgan fingerprint density at radius 2 is 2.05 bits per heavy atom. The summed E-state index contributed by atoms with van der Waals surface area (Å²) in [6, 6.07) is 2.92. The van der Waals surface area contributed by atoms with E-state index in [1.165, 1.54) is 0 Å². The van der Waals surface area contributed by atoms with Crippen LogP contribution in [0.2, 0.25) is 0 Å². The molecule has 1 aliphatic heterocycles. The van der Waals surface area contributed by atoms with Crippen molar-refractivity contribution in [3.05, 3.63) is 29.6 Å². The largest absolute Gasteiger partial charge is 0.333 e. The van der Waals surface area contributed by atoms with E-state index in [1.54, 1.807) is 4.90 Å². The lowest BCUT2D eigenvalue weighted by Crippen LogP contribution is -2.43. The van der Waals surface area contributed by atoms with Crippen molar-refractivity contribution in [3.63, 3.8) is 0 Å². The molecule has 0 unspecified atom stereocenters. The maximum absolute atomic E-state index is 13.4. The number of amides is 1. The lowest BCUT2D eigenvalue weighted by atomic mass is 10.0. The Bertz CT molecular complexity index is 658. The topological polar surface area (TPSA) is 54.5 Å². The molecule has 1 aliphatic rings. The Morgan fingerprint density at radius 3 is 2.55 bits per heavy atom. The SMILES string of the molecule is CC1(C)CCCN1C(=O)c1cc(F)ccc1S(=O)(=O)Cl. The molecule has 0 radical (unpaired) electrons. The van der Waals surface area contributed by atoms with E-state index >= 15 is 0 Å². The van der Waals surface area contributed by atoms with Gasteiger partial charge in [0.05, 0.1) is 10.5 Å². The maximum atomic E-state index is 13.4. The molecular weight excluding hydrogens is 305 g/mol. The predicted molar refractivity (Wildman–Crippen MR) is 73.8 cm³/mol. The summed E-state index contributed by atoms with van der Waals surface area (Å²) in [4.78, 5) is 13.7. The minimum Gasteiger partial charge on any atom is -0.333 e. The van der Waals surface area contributed by atoms with Gasteiger partial charge in [0.25, 0.3) is 15.0 Å². The average Bonchev–Trinajstić information content (AvgIpc) is 2.66. The maximum Gasteiger partial charge on any atom is 0.262 e. The smallest absolute Gasteiger partial charge is 0.262 e. The van der Waals surface area contributed by atoms with Crippen molar-refractivity contribution >= 4 is 25.6 Å². The number of hydrogen-bond donors (Lipinski definition) is 0. The minimum absolute atomic E-state index is 0.213. The fourth-order valence-corrected chi connectivity index (χ4v) is 3.55. The summed E-state index contributed by atoms with van der Waals surface area (Å²) in [6.07, 6.45) is 1.65. The van der Waals surface area contributed by atoms with Crippen LogP contribution in [0.4, 0.5) is 4.39 Å². The fraction of sp³-hybridized carbons (Fsp3) is 0.462. The molecule has 0 aliphatic carbocycles. The summed E-state index contributed by atoms with van der Waals surface area (Å²) in [5.41, 5.74) is -0.591. The second-order valence-electron chi connectivity index (χ2n) is 5.45. The van der Waals surface area contributed by atoms with E-state index in [-0.39, 0.29) is 16.0 Å². The van der Waals surface area contributed by atoms with Crippen molar-refractivity contribution in [1.29, 1.82) is 0 Å². The number of carbonyl (C=O) groups is 1. The van der Waals surface area contributed by atoms with Gasteiger partial charge in [0, 0.05) is 22.8 Å². The van der Waals surface area contributed by atoms with Crippen LogP contribution in [0.1, 0.15) is 37.0 Å². The van der Waals surface area contributed by atoms with Crippen LogP contribution in [0.3, 0.4) is 0 Å². The molecule has 20 heavy (non-hydrogen) atoms. The molecule has 2 rings (SSSR count). The molecular formula is C13H15ClFNO3S. The third kappa shape index (κ3) is 2.81. The first-order valence-corrected chi connectivity index (χ1v) is 8.50. The van der Waals surface area contributed by atoms with Crippen LogP contribution in [0, 0.1) is 5.82 Å². The zero-order valence-electron chi connectivity index (χ0n) is 11.2. The predicted octanol–water partition coefficient (Wildman–Crippen LogP) is 2.77. The molecule has 0 saturated carbocycles. The van der Waals surface area contributed by atoms with Crippen LogP contribution in [-0.2, 0) is 9.05 Å². The average molecular weight is 320 g/mol. The molecule has 0 bridgehead atoms. The Kier molecular flexibility index (Phi) is 3.81. The number of hydrogen-bond acceptors (Lipinski definition) is 3. The van der Waals surface area contributed by atoms with E-state index in [2.05, 4.69) is 0 Å². The van der Waals surface area contributed by atoms with Gasteiger partial charge in [0.15, 0.2) is 0 Å². The zero-order valence-corrected chi connectivity index (χ0v) is 12.8. The fourth-order valence-electron chi connectivity index (χ4n) is 2.51. The standard InChI is InChI=1S/C13H15ClFNO3S/c1-13(2)6-3-7-16(13)12(17)10-8-9(15)4-5-11(10)20(14,18)19/h4-5,8H,3,6-7H2,1-2H3. The van der Waals surface area contributed by atoms with E-state index in [9.17, 15) is 17.6 Å². The van der Waals surface area contributed by atoms with Gasteiger partial charge in [-0.05, 0) is 44.9 Å². The van der Waals surface area contributed by atoms with Crippen molar-refractivity contribution < 1.29 is 17.6 Å². The number of rotatable bonds is 2. The van der Waals surface area contributed by atoms with E-state index in [0.29, 0.717) is 6.54 Å². The molecule has 0 N–H and O–H groups in total. The van der Waals surface area contributed by atoms with Gasteiger partial charge in [-0.25, -0.2) is 12.8 Å². The Balaban J connectivity index is 2.52. The molecule has 1 fully saturated rings. The quantitative estimate of drug-likeness (QED) is 0.788. The molecule has 0 spiro atoms. The van der Waals surface area contributed by atoms with E-state index in [4.69, 9.17) is 10.7 Å². The first-order chi connectivity index (χ1) is 9.13. The summed E-state index contributed by atoms with van der Waals surface area (Å²) in [5.74, 6) is -1.18. The van der Waals surface area contributed by atoms with Crippen LogP contribution in [0.15, 0.2) is 23.1 Å². The minimum atomic E-state index is -4.10. The Hall–Kier alpha value is -1.14. The Labute approximate surface area is 121 Å². The van der Waals surface area contributed by atoms with Gasteiger partial charge in [-0.3, -0.25) is 4.79 Å². The highest BCUT2D eigenvalue weighted by Gasteiger charge is 2.37. The summed E-state index contributed by atoms with van der Waals surface area (Å²) in [7, 11) is 1.21. The van der Waals surface area contributed by atoms with Crippen molar-refractivity contribution in [2.45, 2.75) is 37.1 Å². The number of carbonyl (C=O) groups excluding carboxylic acids is 1. The van der Waals surface area contributed by atoms with Crippen LogP contribution < -0.4 is 0 Å². The van der Waals surface area contributed by atoms with Crippen molar-refractivity contribution in [2.75, 3.05) is 6.54 Å². The van der Waals surface area contributed by atoms with Gasteiger partial charge in [-0.1, -0.05) is 0 Å². The molecule has 110 valence electrons. The third-order valence-corrected chi connectivity index (χ3v) is 4.96. The highest BCUT2D eigenvalue weighted by Crippen LogP contribution is 2.32. The van der Waals surface area contributed by atoms with E-state index in [0.717, 1.165) is 31.0 Å². The van der Waals surface area contributed by atoms with Gasteiger partial charge in [0.1, 0.15) is 5.82 Å². The van der Waals surface area contributed by atoms with Gasteiger partial charge in [-0.15, -0.1) is 0 Å².